The van der Waals surface area contributed by atoms with Crippen LogP contribution in [-0.2, 0) is 4.79 Å². The van der Waals surface area contributed by atoms with Gasteiger partial charge in [-0.05, 0) is 19.4 Å². The Bertz CT molecular complexity index is 1190. The number of nitrogens with one attached hydrogen (secondary N) is 2. The average Bonchev–Trinajstić information content (AvgIpc) is 2.76. The van der Waals surface area contributed by atoms with Crippen molar-refractivity contribution in [1.29, 1.82) is 5.26 Å². The Balaban J connectivity index is 2.56. The van der Waals surface area contributed by atoms with E-state index < -0.39 is 32.8 Å². The number of nitrogens with zero attached hydrogens (tertiary/aromatic N) is 5. The summed E-state index contributed by atoms with van der Waals surface area (Å²) in [6.45, 7) is 3.16. The number of hydrogen-bond acceptors (Lipinski definition) is 10. The number of amides is 1. The van der Waals surface area contributed by atoms with Crippen molar-refractivity contribution >= 4 is 51.6 Å². The van der Waals surface area contributed by atoms with Gasteiger partial charge in [-0.3, -0.25) is 25.0 Å². The van der Waals surface area contributed by atoms with Crippen molar-refractivity contribution in [3.05, 3.63) is 49.5 Å². The molecule has 0 heterocycles. The summed E-state index contributed by atoms with van der Waals surface area (Å²) < 4.78 is 5.38. The number of anilines is 2. The van der Waals surface area contributed by atoms with Crippen molar-refractivity contribution in [2.45, 2.75) is 32.7 Å². The normalized spacial score (nSPS) is 11.5. The van der Waals surface area contributed by atoms with Crippen molar-refractivity contribution in [2.24, 2.45) is 10.2 Å². The molecule has 0 aromatic heterocycles. The van der Waals surface area contributed by atoms with Gasteiger partial charge in [-0.15, -0.1) is 10.2 Å². The highest BCUT2D eigenvalue weighted by atomic mass is 35.5. The molecule has 1 atom stereocenters. The monoisotopic (exact) mass is 489 g/mol. The van der Waals surface area contributed by atoms with Crippen LogP contribution in [0.1, 0.15) is 26.7 Å². The summed E-state index contributed by atoms with van der Waals surface area (Å²) in [5, 5.41) is 44.4. The summed E-state index contributed by atoms with van der Waals surface area (Å²) in [5.41, 5.74) is -0.858. The Morgan fingerprint density at radius 1 is 1.21 bits per heavy atom. The first-order valence-electron chi connectivity index (χ1n) is 9.74. The Morgan fingerprint density at radius 3 is 2.47 bits per heavy atom. The fourth-order valence-corrected chi connectivity index (χ4v) is 3.11. The Hall–Kier alpha value is -4.31. The standard InChI is InChI=1S/C20H20ClN7O6/c1-11(5-4-6-22)23-17-9-15(24-12(2)29)16(10-19(17)34-3)25-26-20-14(21)7-13(27(30)31)8-18(20)28(32)33/h7-11,23H,4-5H2,1-3H3,(H,24,29). The topological polar surface area (TPSA) is 185 Å². The average molecular weight is 490 g/mol. The molecule has 0 bridgehead atoms. The van der Waals surface area contributed by atoms with E-state index >= 15 is 0 Å². The third-order valence-electron chi connectivity index (χ3n) is 4.41. The van der Waals surface area contributed by atoms with Gasteiger partial charge in [0, 0.05) is 31.5 Å². The van der Waals surface area contributed by atoms with Crippen molar-refractivity contribution in [3.63, 3.8) is 0 Å². The number of carbonyl (C=O) groups excluding carboxylic acids is 1. The lowest BCUT2D eigenvalue weighted by Gasteiger charge is -2.18. The fraction of sp³-hybridized carbons (Fsp3) is 0.300. The maximum absolute atomic E-state index is 11.7. The molecule has 0 radical (unpaired) electrons. The Morgan fingerprint density at radius 2 is 1.91 bits per heavy atom. The van der Waals surface area contributed by atoms with E-state index in [9.17, 15) is 25.0 Å². The second-order valence-electron chi connectivity index (χ2n) is 7.00. The molecule has 0 aliphatic carbocycles. The van der Waals surface area contributed by atoms with Gasteiger partial charge in [0.1, 0.15) is 11.4 Å². The third-order valence-corrected chi connectivity index (χ3v) is 4.70. The van der Waals surface area contributed by atoms with E-state index in [1.54, 1.807) is 6.07 Å². The quantitative estimate of drug-likeness (QED) is 0.243. The first-order chi connectivity index (χ1) is 16.1. The smallest absolute Gasteiger partial charge is 0.305 e. The van der Waals surface area contributed by atoms with Crippen LogP contribution in [0.15, 0.2) is 34.5 Å². The number of rotatable bonds is 10. The molecule has 2 rings (SSSR count). The van der Waals surface area contributed by atoms with E-state index in [1.165, 1.54) is 20.1 Å². The van der Waals surface area contributed by atoms with E-state index in [2.05, 4.69) is 26.9 Å². The molecule has 2 aromatic carbocycles. The number of methoxy groups -OCH3 is 1. The second kappa shape index (κ2) is 11.5. The molecule has 1 unspecified atom stereocenters. The van der Waals surface area contributed by atoms with Crippen LogP contribution in [0.3, 0.4) is 0 Å². The van der Waals surface area contributed by atoms with Crippen LogP contribution in [0.2, 0.25) is 5.02 Å². The molecule has 2 aromatic rings. The van der Waals surface area contributed by atoms with Crippen LogP contribution in [0, 0.1) is 31.6 Å². The lowest BCUT2D eigenvalue weighted by Crippen LogP contribution is -2.16. The van der Waals surface area contributed by atoms with E-state index in [-0.39, 0.29) is 22.4 Å². The lowest BCUT2D eigenvalue weighted by atomic mass is 10.1. The molecule has 0 aliphatic rings. The van der Waals surface area contributed by atoms with Crippen molar-refractivity contribution in [3.8, 4) is 11.8 Å². The Labute approximate surface area is 198 Å². The van der Waals surface area contributed by atoms with Crippen LogP contribution >= 0.6 is 11.6 Å². The van der Waals surface area contributed by atoms with Gasteiger partial charge in [-0.1, -0.05) is 11.6 Å². The van der Waals surface area contributed by atoms with Gasteiger partial charge in [0.2, 0.25) is 5.91 Å². The highest BCUT2D eigenvalue weighted by Crippen LogP contribution is 2.42. The zero-order chi connectivity index (χ0) is 25.4. The number of nitriles is 1. The summed E-state index contributed by atoms with van der Waals surface area (Å²) >= 11 is 6.01. The van der Waals surface area contributed by atoms with E-state index in [0.29, 0.717) is 24.3 Å². The summed E-state index contributed by atoms with van der Waals surface area (Å²) in [6.07, 6.45) is 0.912. The number of halogens is 1. The van der Waals surface area contributed by atoms with Crippen molar-refractivity contribution in [1.82, 2.24) is 0 Å². The zero-order valence-corrected chi connectivity index (χ0v) is 19.1. The van der Waals surface area contributed by atoms with Gasteiger partial charge < -0.3 is 15.4 Å². The first kappa shape index (κ1) is 25.9. The predicted octanol–water partition coefficient (Wildman–Crippen LogP) is 5.64. The molecule has 13 nitrogen and oxygen atoms in total. The molecule has 2 N–H and O–H groups in total. The zero-order valence-electron chi connectivity index (χ0n) is 18.4. The fourth-order valence-electron chi connectivity index (χ4n) is 2.86. The molecule has 178 valence electrons. The molecule has 34 heavy (non-hydrogen) atoms. The van der Waals surface area contributed by atoms with Gasteiger partial charge in [-0.2, -0.15) is 5.26 Å². The molecular weight excluding hydrogens is 470 g/mol. The maximum atomic E-state index is 11.7. The van der Waals surface area contributed by atoms with Gasteiger partial charge in [0.15, 0.2) is 5.69 Å². The largest absolute Gasteiger partial charge is 0.495 e. The maximum Gasteiger partial charge on any atom is 0.305 e. The lowest BCUT2D eigenvalue weighted by molar-refractivity contribution is -0.393. The minimum atomic E-state index is -0.863. The number of nitro groups is 2. The minimum absolute atomic E-state index is 0.0889. The van der Waals surface area contributed by atoms with Gasteiger partial charge in [0.25, 0.3) is 5.69 Å². The summed E-state index contributed by atoms with van der Waals surface area (Å²) in [6, 6.07) is 6.62. The minimum Gasteiger partial charge on any atom is -0.495 e. The summed E-state index contributed by atoms with van der Waals surface area (Å²) in [4.78, 5) is 32.5. The predicted molar refractivity (Wildman–Crippen MR) is 124 cm³/mol. The number of azo groups is 1. The van der Waals surface area contributed by atoms with Crippen LogP contribution in [-0.4, -0.2) is 28.9 Å². The van der Waals surface area contributed by atoms with Crippen LogP contribution in [0.5, 0.6) is 5.75 Å². The second-order valence-corrected chi connectivity index (χ2v) is 7.41. The molecule has 14 heteroatoms. The SMILES string of the molecule is COc1cc(N=Nc2c(Cl)cc([N+](=O)[O-])cc2[N+](=O)[O-])c(NC(C)=O)cc1NC(C)CCC#N. The van der Waals surface area contributed by atoms with E-state index in [4.69, 9.17) is 21.6 Å². The molecule has 0 fully saturated rings. The molecule has 0 saturated heterocycles. The van der Waals surface area contributed by atoms with Gasteiger partial charge in [-0.25, -0.2) is 0 Å². The number of ether oxygens (including phenoxy) is 1. The van der Waals surface area contributed by atoms with Gasteiger partial charge >= 0.3 is 5.69 Å². The number of non-ortho nitro benzene ring substituents is 1. The number of nitro benzene ring substituents is 2. The van der Waals surface area contributed by atoms with E-state index in [0.717, 1.165) is 12.1 Å². The van der Waals surface area contributed by atoms with Crippen LogP contribution < -0.4 is 15.4 Å². The van der Waals surface area contributed by atoms with Crippen LogP contribution in [0.25, 0.3) is 0 Å². The molecule has 1 amide bonds. The summed E-state index contributed by atoms with van der Waals surface area (Å²) in [7, 11) is 1.41. The number of carbonyl (C=O) groups is 1. The van der Waals surface area contributed by atoms with Crippen molar-refractivity contribution < 1.29 is 19.4 Å². The number of benzene rings is 2. The number of hydrogen-bond donors (Lipinski definition) is 2. The molecule has 0 saturated carbocycles. The Kier molecular flexibility index (Phi) is 8.79. The van der Waals surface area contributed by atoms with Crippen LogP contribution in [0.4, 0.5) is 34.1 Å². The van der Waals surface area contributed by atoms with Crippen molar-refractivity contribution in [2.75, 3.05) is 17.7 Å². The molecular formula is C20H20ClN7O6. The van der Waals surface area contributed by atoms with E-state index in [1.807, 2.05) is 6.92 Å². The highest BCUT2D eigenvalue weighted by Gasteiger charge is 2.24. The third kappa shape index (κ3) is 6.59. The van der Waals surface area contributed by atoms with Gasteiger partial charge in [0.05, 0.1) is 45.5 Å². The molecule has 0 spiro atoms. The molecule has 0 aliphatic heterocycles. The first-order valence-corrected chi connectivity index (χ1v) is 10.1. The summed E-state index contributed by atoms with van der Waals surface area (Å²) in [5.74, 6) is -0.0828. The highest BCUT2D eigenvalue weighted by molar-refractivity contribution is 6.33.